The Morgan fingerprint density at radius 3 is 2.62 bits per heavy atom. The molecule has 0 spiro atoms. The Labute approximate surface area is 127 Å². The summed E-state index contributed by atoms with van der Waals surface area (Å²) in [6.45, 7) is 11.4. The van der Waals surface area contributed by atoms with Gasteiger partial charge in [-0.15, -0.1) is 0 Å². The van der Waals surface area contributed by atoms with Crippen molar-refractivity contribution < 1.29 is 4.79 Å². The van der Waals surface area contributed by atoms with Gasteiger partial charge in [-0.2, -0.15) is 0 Å². The maximum absolute atomic E-state index is 12.5. The van der Waals surface area contributed by atoms with Crippen LogP contribution in [0.4, 0.5) is 5.69 Å². The summed E-state index contributed by atoms with van der Waals surface area (Å²) in [5.41, 5.74) is 1.83. The van der Waals surface area contributed by atoms with Gasteiger partial charge in [0.2, 0.25) is 0 Å². The van der Waals surface area contributed by atoms with Gasteiger partial charge in [0.05, 0.1) is 0 Å². The van der Waals surface area contributed by atoms with Crippen LogP contribution in [-0.2, 0) is 0 Å². The highest BCUT2D eigenvalue weighted by atomic mass is 16.2. The van der Waals surface area contributed by atoms with Gasteiger partial charge in [0, 0.05) is 31.5 Å². The molecule has 0 aliphatic carbocycles. The van der Waals surface area contributed by atoms with Crippen LogP contribution in [0, 0.1) is 11.3 Å². The molecule has 116 valence electrons. The number of hydrogen-bond donors (Lipinski definition) is 1. The van der Waals surface area contributed by atoms with E-state index in [9.17, 15) is 4.79 Å². The van der Waals surface area contributed by atoms with Crippen molar-refractivity contribution in [2.45, 2.75) is 40.5 Å². The Morgan fingerprint density at radius 1 is 1.38 bits per heavy atom. The van der Waals surface area contributed by atoms with Crippen LogP contribution in [0.2, 0.25) is 0 Å². The molecule has 21 heavy (non-hydrogen) atoms. The minimum atomic E-state index is 0.0575. The summed E-state index contributed by atoms with van der Waals surface area (Å²) >= 11 is 0. The van der Waals surface area contributed by atoms with Crippen molar-refractivity contribution in [3.8, 4) is 0 Å². The van der Waals surface area contributed by atoms with Crippen LogP contribution >= 0.6 is 0 Å². The number of aromatic nitrogens is 1. The van der Waals surface area contributed by atoms with Gasteiger partial charge in [0.1, 0.15) is 5.69 Å². The third-order valence-corrected chi connectivity index (χ3v) is 4.37. The summed E-state index contributed by atoms with van der Waals surface area (Å²) in [4.78, 5) is 18.7. The molecular formula is C17H27N3O. The molecule has 0 unspecified atom stereocenters. The number of pyridine rings is 1. The fourth-order valence-electron chi connectivity index (χ4n) is 2.97. The number of hydrogen-bond acceptors (Lipinski definition) is 3. The first-order valence-corrected chi connectivity index (χ1v) is 7.91. The molecule has 1 aromatic heterocycles. The number of piperidine rings is 1. The molecule has 4 nitrogen and oxygen atoms in total. The molecule has 2 heterocycles. The number of nitrogens with zero attached hydrogens (tertiary/aromatic N) is 2. The predicted molar refractivity (Wildman–Crippen MR) is 86.5 cm³/mol. The summed E-state index contributed by atoms with van der Waals surface area (Å²) in [6, 6.07) is 3.74. The Morgan fingerprint density at radius 2 is 2.05 bits per heavy atom. The SMILES string of the molecule is CCNc1ccnc(C(=O)N2CCC(C(C)(C)C)CC2)c1. The monoisotopic (exact) mass is 289 g/mol. The molecule has 1 saturated heterocycles. The van der Waals surface area contributed by atoms with Gasteiger partial charge in [-0.25, -0.2) is 0 Å². The highest BCUT2D eigenvalue weighted by Gasteiger charge is 2.30. The van der Waals surface area contributed by atoms with Gasteiger partial charge in [-0.1, -0.05) is 20.8 Å². The lowest BCUT2D eigenvalue weighted by Crippen LogP contribution is -2.41. The molecule has 0 radical (unpaired) electrons. The average Bonchev–Trinajstić information content (AvgIpc) is 2.46. The fourth-order valence-corrected chi connectivity index (χ4v) is 2.97. The summed E-state index contributed by atoms with van der Waals surface area (Å²) < 4.78 is 0. The predicted octanol–water partition coefficient (Wildman–Crippen LogP) is 3.41. The van der Waals surface area contributed by atoms with Crippen molar-refractivity contribution >= 4 is 11.6 Å². The van der Waals surface area contributed by atoms with Gasteiger partial charge in [0.25, 0.3) is 5.91 Å². The number of carbonyl (C=O) groups excluding carboxylic acids is 1. The van der Waals surface area contributed by atoms with Crippen molar-refractivity contribution in [2.75, 3.05) is 25.0 Å². The molecule has 1 aromatic rings. The molecule has 1 aliphatic rings. The second-order valence-electron chi connectivity index (χ2n) is 6.89. The molecule has 1 fully saturated rings. The minimum Gasteiger partial charge on any atom is -0.385 e. The van der Waals surface area contributed by atoms with E-state index in [-0.39, 0.29) is 5.91 Å². The molecule has 0 saturated carbocycles. The Bertz CT molecular complexity index is 485. The van der Waals surface area contributed by atoms with Crippen molar-refractivity contribution in [1.29, 1.82) is 0 Å². The zero-order chi connectivity index (χ0) is 15.5. The van der Waals surface area contributed by atoms with Crippen LogP contribution < -0.4 is 5.32 Å². The van der Waals surface area contributed by atoms with Gasteiger partial charge in [-0.05, 0) is 43.2 Å². The lowest BCUT2D eigenvalue weighted by atomic mass is 9.75. The average molecular weight is 289 g/mol. The van der Waals surface area contributed by atoms with E-state index in [0.29, 0.717) is 17.0 Å². The first kappa shape index (κ1) is 15.8. The lowest BCUT2D eigenvalue weighted by molar-refractivity contribution is 0.0603. The largest absolute Gasteiger partial charge is 0.385 e. The Kier molecular flexibility index (Phi) is 4.86. The summed E-state index contributed by atoms with van der Waals surface area (Å²) in [5, 5.41) is 3.22. The Balaban J connectivity index is 2.00. The summed E-state index contributed by atoms with van der Waals surface area (Å²) in [6.07, 6.45) is 3.87. The van der Waals surface area contributed by atoms with Gasteiger partial charge < -0.3 is 10.2 Å². The number of nitrogens with one attached hydrogen (secondary N) is 1. The van der Waals surface area contributed by atoms with Crippen molar-refractivity contribution in [1.82, 2.24) is 9.88 Å². The van der Waals surface area contributed by atoms with E-state index in [0.717, 1.165) is 38.2 Å². The topological polar surface area (TPSA) is 45.2 Å². The molecule has 0 aromatic carbocycles. The second-order valence-corrected chi connectivity index (χ2v) is 6.89. The minimum absolute atomic E-state index is 0.0575. The molecule has 1 N–H and O–H groups in total. The van der Waals surface area contributed by atoms with Crippen LogP contribution in [0.1, 0.15) is 51.0 Å². The first-order valence-electron chi connectivity index (χ1n) is 7.91. The van der Waals surface area contributed by atoms with Gasteiger partial charge >= 0.3 is 0 Å². The number of anilines is 1. The zero-order valence-electron chi connectivity index (χ0n) is 13.6. The number of rotatable bonds is 3. The van der Waals surface area contributed by atoms with Crippen molar-refractivity contribution in [3.63, 3.8) is 0 Å². The van der Waals surface area contributed by atoms with Crippen molar-refractivity contribution in [3.05, 3.63) is 24.0 Å². The molecule has 2 rings (SSSR count). The summed E-state index contributed by atoms with van der Waals surface area (Å²) in [7, 11) is 0. The van der Waals surface area contributed by atoms with E-state index in [2.05, 4.69) is 31.1 Å². The maximum atomic E-state index is 12.5. The molecule has 1 amide bonds. The van der Waals surface area contributed by atoms with Gasteiger partial charge in [-0.3, -0.25) is 9.78 Å². The molecule has 0 atom stereocenters. The summed E-state index contributed by atoms with van der Waals surface area (Å²) in [5.74, 6) is 0.754. The van der Waals surface area contributed by atoms with Crippen LogP contribution in [0.15, 0.2) is 18.3 Å². The molecule has 0 bridgehead atoms. The van der Waals surface area contributed by atoms with Crippen LogP contribution in [0.3, 0.4) is 0 Å². The number of carbonyl (C=O) groups is 1. The lowest BCUT2D eigenvalue weighted by Gasteiger charge is -2.38. The van der Waals surface area contributed by atoms with Crippen molar-refractivity contribution in [2.24, 2.45) is 11.3 Å². The van der Waals surface area contributed by atoms with E-state index in [4.69, 9.17) is 0 Å². The molecule has 1 aliphatic heterocycles. The Hall–Kier alpha value is -1.58. The quantitative estimate of drug-likeness (QED) is 0.927. The standard InChI is InChI=1S/C17H27N3O/c1-5-18-14-6-9-19-15(12-14)16(21)20-10-7-13(8-11-20)17(2,3)4/h6,9,12-13H,5,7-8,10-11H2,1-4H3,(H,18,19). The van der Waals surface area contributed by atoms with Crippen LogP contribution in [-0.4, -0.2) is 35.4 Å². The normalized spacial score (nSPS) is 16.9. The zero-order valence-corrected chi connectivity index (χ0v) is 13.6. The highest BCUT2D eigenvalue weighted by molar-refractivity contribution is 5.93. The van der Waals surface area contributed by atoms with E-state index in [1.807, 2.05) is 24.0 Å². The number of amides is 1. The third-order valence-electron chi connectivity index (χ3n) is 4.37. The van der Waals surface area contributed by atoms with E-state index >= 15 is 0 Å². The second kappa shape index (κ2) is 6.46. The van der Waals surface area contributed by atoms with Crippen LogP contribution in [0.5, 0.6) is 0 Å². The third kappa shape index (κ3) is 3.96. The smallest absolute Gasteiger partial charge is 0.272 e. The maximum Gasteiger partial charge on any atom is 0.272 e. The van der Waals surface area contributed by atoms with Gasteiger partial charge in [0.15, 0.2) is 0 Å². The molecular weight excluding hydrogens is 262 g/mol. The van der Waals surface area contributed by atoms with E-state index in [1.54, 1.807) is 6.20 Å². The fraction of sp³-hybridized carbons (Fsp3) is 0.647. The van der Waals surface area contributed by atoms with Crippen LogP contribution in [0.25, 0.3) is 0 Å². The van der Waals surface area contributed by atoms with E-state index < -0.39 is 0 Å². The van der Waals surface area contributed by atoms with E-state index in [1.165, 1.54) is 0 Å². The number of likely N-dealkylation sites (tertiary alicyclic amines) is 1. The molecule has 4 heteroatoms. The first-order chi connectivity index (χ1) is 9.91. The highest BCUT2D eigenvalue weighted by Crippen LogP contribution is 2.34.